The molecule has 0 aliphatic carbocycles. The second kappa shape index (κ2) is 6.88. The van der Waals surface area contributed by atoms with Crippen molar-refractivity contribution in [1.29, 1.82) is 0 Å². The van der Waals surface area contributed by atoms with Gasteiger partial charge in [-0.15, -0.1) is 0 Å². The van der Waals surface area contributed by atoms with E-state index in [0.29, 0.717) is 30.5 Å². The Morgan fingerprint density at radius 1 is 1.65 bits per heavy atom. The summed E-state index contributed by atoms with van der Waals surface area (Å²) in [5.74, 6) is 0.681. The molecule has 0 spiro atoms. The molecular weight excluding hydrogens is 282 g/mol. The summed E-state index contributed by atoms with van der Waals surface area (Å²) in [6.07, 6.45) is 1.26. The minimum atomic E-state index is -0.285. The van der Waals surface area contributed by atoms with Gasteiger partial charge in [0.25, 0.3) is 0 Å². The molecule has 0 aromatic carbocycles. The van der Waals surface area contributed by atoms with Gasteiger partial charge in [-0.25, -0.2) is 4.98 Å². The van der Waals surface area contributed by atoms with Crippen molar-refractivity contribution in [2.24, 2.45) is 0 Å². The topological polar surface area (TPSA) is 65.9 Å². The number of aromatic nitrogens is 1. The summed E-state index contributed by atoms with van der Waals surface area (Å²) in [5, 5.41) is 9.64. The van der Waals surface area contributed by atoms with Crippen molar-refractivity contribution < 1.29 is 14.6 Å². The van der Waals surface area contributed by atoms with Crippen LogP contribution in [0.3, 0.4) is 0 Å². The number of morpholine rings is 1. The molecule has 1 fully saturated rings. The highest BCUT2D eigenvalue weighted by atomic mass is 35.5. The monoisotopic (exact) mass is 299 g/mol. The van der Waals surface area contributed by atoms with Crippen molar-refractivity contribution in [1.82, 2.24) is 9.88 Å². The zero-order valence-corrected chi connectivity index (χ0v) is 12.1. The lowest BCUT2D eigenvalue weighted by Gasteiger charge is -2.33. The molecule has 2 rings (SSSR count). The molecular formula is C13H18ClN3O3. The fraction of sp³-hybridized carbons (Fsp3) is 0.538. The lowest BCUT2D eigenvalue weighted by Crippen LogP contribution is -2.49. The highest BCUT2D eigenvalue weighted by Gasteiger charge is 2.24. The third kappa shape index (κ3) is 3.82. The first-order valence-electron chi connectivity index (χ1n) is 6.43. The number of likely N-dealkylation sites (N-methyl/N-ethyl adjacent to an activating group) is 1. The van der Waals surface area contributed by atoms with Gasteiger partial charge in [-0.3, -0.25) is 4.79 Å². The van der Waals surface area contributed by atoms with Gasteiger partial charge in [0.05, 0.1) is 30.9 Å². The highest BCUT2D eigenvalue weighted by molar-refractivity contribution is 6.30. The Kier molecular flexibility index (Phi) is 5.17. The summed E-state index contributed by atoms with van der Waals surface area (Å²) in [4.78, 5) is 19.8. The maximum absolute atomic E-state index is 12.2. The second-order valence-corrected chi connectivity index (χ2v) is 5.14. The molecule has 1 aromatic rings. The van der Waals surface area contributed by atoms with E-state index in [0.717, 1.165) is 0 Å². The number of halogens is 1. The molecule has 1 N–H and O–H groups in total. The summed E-state index contributed by atoms with van der Waals surface area (Å²) < 4.78 is 5.33. The normalized spacial score (nSPS) is 18.9. The molecule has 0 bridgehead atoms. The smallest absolute Gasteiger partial charge is 0.242 e. The summed E-state index contributed by atoms with van der Waals surface area (Å²) in [6, 6.07) is 3.51. The molecule has 110 valence electrons. The molecule has 20 heavy (non-hydrogen) atoms. The van der Waals surface area contributed by atoms with Crippen molar-refractivity contribution in [2.45, 2.75) is 6.10 Å². The molecule has 6 nitrogen and oxygen atoms in total. The molecule has 0 radical (unpaired) electrons. The van der Waals surface area contributed by atoms with Crippen LogP contribution in [0, 0.1) is 0 Å². The Morgan fingerprint density at radius 2 is 2.45 bits per heavy atom. The number of nitrogens with zero attached hydrogens (tertiary/aromatic N) is 3. The number of pyridine rings is 1. The van der Waals surface area contributed by atoms with Crippen molar-refractivity contribution in [2.75, 3.05) is 44.8 Å². The molecule has 1 amide bonds. The van der Waals surface area contributed by atoms with Gasteiger partial charge < -0.3 is 19.6 Å². The van der Waals surface area contributed by atoms with Crippen molar-refractivity contribution in [3.63, 3.8) is 0 Å². The van der Waals surface area contributed by atoms with E-state index in [4.69, 9.17) is 21.4 Å². The van der Waals surface area contributed by atoms with E-state index in [9.17, 15) is 4.79 Å². The van der Waals surface area contributed by atoms with Crippen LogP contribution in [0.1, 0.15) is 0 Å². The van der Waals surface area contributed by atoms with Gasteiger partial charge >= 0.3 is 0 Å². The second-order valence-electron chi connectivity index (χ2n) is 4.71. The van der Waals surface area contributed by atoms with E-state index < -0.39 is 0 Å². The van der Waals surface area contributed by atoms with Gasteiger partial charge in [0.15, 0.2) is 0 Å². The van der Waals surface area contributed by atoms with Gasteiger partial charge in [0, 0.05) is 26.3 Å². The summed E-state index contributed by atoms with van der Waals surface area (Å²) >= 11 is 5.78. The minimum Gasteiger partial charge on any atom is -0.394 e. The predicted molar refractivity (Wildman–Crippen MR) is 75.9 cm³/mol. The zero-order valence-electron chi connectivity index (χ0n) is 11.3. The van der Waals surface area contributed by atoms with Crippen molar-refractivity contribution >= 4 is 23.3 Å². The van der Waals surface area contributed by atoms with Crippen LogP contribution in [0.15, 0.2) is 18.3 Å². The minimum absolute atomic E-state index is 0.00833. The number of aliphatic hydroxyl groups is 1. The van der Waals surface area contributed by atoms with E-state index in [2.05, 4.69) is 4.98 Å². The first-order valence-corrected chi connectivity index (χ1v) is 6.81. The summed E-state index contributed by atoms with van der Waals surface area (Å²) in [6.45, 7) is 1.60. The van der Waals surface area contributed by atoms with Crippen LogP contribution < -0.4 is 4.90 Å². The average Bonchev–Trinajstić information content (AvgIpc) is 2.47. The SMILES string of the molecule is CN(CC(=O)N1CCOC(CO)C1)c1ccc(Cl)cn1. The maximum atomic E-state index is 12.2. The molecule has 0 saturated carbocycles. The van der Waals surface area contributed by atoms with Gasteiger partial charge in [0.2, 0.25) is 5.91 Å². The number of carbonyl (C=O) groups is 1. The maximum Gasteiger partial charge on any atom is 0.242 e. The van der Waals surface area contributed by atoms with Crippen molar-refractivity contribution in [3.05, 3.63) is 23.4 Å². The molecule has 7 heteroatoms. The van der Waals surface area contributed by atoms with Crippen LogP contribution in [0.4, 0.5) is 5.82 Å². The fourth-order valence-electron chi connectivity index (χ4n) is 2.03. The first-order chi connectivity index (χ1) is 9.60. The quantitative estimate of drug-likeness (QED) is 0.871. The zero-order chi connectivity index (χ0) is 14.5. The fourth-order valence-corrected chi connectivity index (χ4v) is 2.15. The first kappa shape index (κ1) is 15.0. The predicted octanol–water partition coefficient (Wildman–Crippen LogP) is 0.391. The van der Waals surface area contributed by atoms with Gasteiger partial charge in [-0.2, -0.15) is 0 Å². The number of hydrogen-bond donors (Lipinski definition) is 1. The lowest BCUT2D eigenvalue weighted by molar-refractivity contribution is -0.138. The number of carbonyl (C=O) groups excluding carboxylic acids is 1. The highest BCUT2D eigenvalue weighted by Crippen LogP contribution is 2.13. The number of ether oxygens (including phenoxy) is 1. The van der Waals surface area contributed by atoms with E-state index in [1.807, 2.05) is 0 Å². The lowest BCUT2D eigenvalue weighted by atomic mass is 10.2. The van der Waals surface area contributed by atoms with Crippen LogP contribution in [-0.2, 0) is 9.53 Å². The Hall–Kier alpha value is -1.37. The molecule has 1 saturated heterocycles. The Bertz CT molecular complexity index is 455. The van der Waals surface area contributed by atoms with Crippen LogP contribution in [0.2, 0.25) is 5.02 Å². The van der Waals surface area contributed by atoms with E-state index >= 15 is 0 Å². The Balaban J connectivity index is 1.91. The number of hydrogen-bond acceptors (Lipinski definition) is 5. The van der Waals surface area contributed by atoms with Crippen molar-refractivity contribution in [3.8, 4) is 0 Å². The standard InChI is InChI=1S/C13H18ClN3O3/c1-16(12-3-2-10(14)6-15-12)8-13(19)17-4-5-20-11(7-17)9-18/h2-3,6,11,18H,4-5,7-9H2,1H3. The third-order valence-corrected chi connectivity index (χ3v) is 3.39. The Labute approximate surface area is 122 Å². The van der Waals surface area contributed by atoms with Crippen LogP contribution in [0.5, 0.6) is 0 Å². The largest absolute Gasteiger partial charge is 0.394 e. The number of rotatable bonds is 4. The van der Waals surface area contributed by atoms with E-state index in [1.54, 1.807) is 35.2 Å². The Morgan fingerprint density at radius 3 is 3.10 bits per heavy atom. The van der Waals surface area contributed by atoms with Crippen LogP contribution in [-0.4, -0.2) is 66.9 Å². The van der Waals surface area contributed by atoms with E-state index in [1.165, 1.54) is 0 Å². The van der Waals surface area contributed by atoms with E-state index in [-0.39, 0.29) is 25.2 Å². The molecule has 1 aromatic heterocycles. The van der Waals surface area contributed by atoms with Crippen LogP contribution in [0.25, 0.3) is 0 Å². The average molecular weight is 300 g/mol. The molecule has 1 atom stereocenters. The third-order valence-electron chi connectivity index (χ3n) is 3.17. The summed E-state index contributed by atoms with van der Waals surface area (Å²) in [7, 11) is 1.80. The molecule has 1 unspecified atom stereocenters. The number of anilines is 1. The summed E-state index contributed by atoms with van der Waals surface area (Å²) in [5.41, 5.74) is 0. The number of amides is 1. The molecule has 1 aliphatic rings. The molecule has 2 heterocycles. The van der Waals surface area contributed by atoms with Crippen LogP contribution >= 0.6 is 11.6 Å². The van der Waals surface area contributed by atoms with Gasteiger partial charge in [0.1, 0.15) is 5.82 Å². The van der Waals surface area contributed by atoms with Gasteiger partial charge in [-0.05, 0) is 12.1 Å². The molecule has 1 aliphatic heterocycles. The van der Waals surface area contributed by atoms with Gasteiger partial charge in [-0.1, -0.05) is 11.6 Å². The number of aliphatic hydroxyl groups excluding tert-OH is 1.